The average molecular weight is 1450 g/mol. The molecule has 552 valence electrons. The lowest BCUT2D eigenvalue weighted by atomic mass is 10.1. The minimum atomic E-state index is -0.480. The molecule has 8 aromatic heterocycles. The molecular formula is C73H82N20O13. The Morgan fingerprint density at radius 2 is 0.726 bits per heavy atom. The third kappa shape index (κ3) is 17.6. The van der Waals surface area contributed by atoms with E-state index in [1.165, 1.54) is 121 Å². The first kappa shape index (κ1) is 76.9. The first-order chi connectivity index (χ1) is 50.6. The minimum Gasteiger partial charge on any atom is -0.497 e. The van der Waals surface area contributed by atoms with Gasteiger partial charge in [-0.1, -0.05) is 84.3 Å². The van der Waals surface area contributed by atoms with Gasteiger partial charge in [-0.25, -0.2) is 39.1 Å². The summed E-state index contributed by atoms with van der Waals surface area (Å²) in [5.74, 6) is 2.41. The normalized spacial score (nSPS) is 10.9. The van der Waals surface area contributed by atoms with Crippen LogP contribution in [0.15, 0.2) is 161 Å². The molecule has 0 saturated heterocycles. The topological polar surface area (TPSA) is 373 Å². The molecule has 0 saturated carbocycles. The van der Waals surface area contributed by atoms with Crippen LogP contribution in [0.2, 0.25) is 0 Å². The number of nitrogens with zero attached hydrogens (tertiary/aromatic N) is 16. The van der Waals surface area contributed by atoms with Crippen molar-refractivity contribution in [1.29, 1.82) is 0 Å². The Bertz CT molecular complexity index is 5880. The van der Waals surface area contributed by atoms with Crippen molar-refractivity contribution in [3.8, 4) is 18.1 Å². The van der Waals surface area contributed by atoms with E-state index in [0.29, 0.717) is 39.0 Å². The number of terminal acetylenes is 1. The van der Waals surface area contributed by atoms with E-state index in [2.05, 4.69) is 53.2 Å². The number of carbonyl (C=O) groups excluding carboxylic acids is 4. The number of hydrogen-bond donors (Lipinski definition) is 4. The van der Waals surface area contributed by atoms with Crippen molar-refractivity contribution in [3.63, 3.8) is 0 Å². The zero-order chi connectivity index (χ0) is 76.8. The maximum absolute atomic E-state index is 12.4. The number of imidazole rings is 4. The lowest BCUT2D eigenvalue weighted by Crippen LogP contribution is -2.38. The quantitative estimate of drug-likeness (QED) is 0.0676. The fourth-order valence-corrected chi connectivity index (χ4v) is 11.6. The van der Waals surface area contributed by atoms with Crippen molar-refractivity contribution in [2.45, 2.75) is 65.7 Å². The van der Waals surface area contributed by atoms with Crippen molar-refractivity contribution in [2.75, 3.05) is 33.3 Å². The Hall–Kier alpha value is -13.3. The summed E-state index contributed by atoms with van der Waals surface area (Å²) in [5, 5.41) is 11.3. The van der Waals surface area contributed by atoms with Gasteiger partial charge in [0.05, 0.1) is 32.4 Å². The van der Waals surface area contributed by atoms with Crippen molar-refractivity contribution in [2.24, 2.45) is 56.4 Å². The van der Waals surface area contributed by atoms with Gasteiger partial charge in [0, 0.05) is 88.1 Å². The van der Waals surface area contributed by atoms with E-state index >= 15 is 0 Å². The van der Waals surface area contributed by atoms with Gasteiger partial charge in [0.25, 0.3) is 22.2 Å². The van der Waals surface area contributed by atoms with Crippen molar-refractivity contribution >= 4 is 68.3 Å². The van der Waals surface area contributed by atoms with Gasteiger partial charge in [-0.15, -0.1) is 6.42 Å². The molecule has 4 N–H and O–H groups in total. The second-order valence-corrected chi connectivity index (χ2v) is 25.0. The molecule has 0 atom stereocenters. The number of hydrogen-bond acceptors (Lipinski definition) is 17. The van der Waals surface area contributed by atoms with Crippen LogP contribution in [-0.2, 0) is 127 Å². The Balaban J connectivity index is 0.000000163. The third-order valence-corrected chi connectivity index (χ3v) is 17.6. The number of methoxy groups -OCH3 is 1. The molecule has 12 aromatic rings. The van der Waals surface area contributed by atoms with Gasteiger partial charge in [0.15, 0.2) is 44.7 Å². The number of ether oxygens (including phenoxy) is 1. The first-order valence-corrected chi connectivity index (χ1v) is 33.4. The number of rotatable bonds is 21. The van der Waals surface area contributed by atoms with Crippen LogP contribution >= 0.6 is 0 Å². The maximum atomic E-state index is 12.4. The van der Waals surface area contributed by atoms with E-state index in [1.54, 1.807) is 21.2 Å². The molecular weight excluding hydrogens is 1360 g/mol. The SMILES string of the molecule is C#Cc1ccc(CCNC(=O)Cn2cnc3c2c(=O)n(C)c(=O)n3C)cc1.COc1cccc(CCNC(=O)Cn2cnc3c2c(=O)n(C)c(=O)n3C)c1.Cc1cccc(CCNC(=O)Cn2cnc3c2c(=O)n(C)c(=O)n3C)c1.Cc1ccccc1CCNC(=O)Cn1cnc2c1c(=O)n(C)c(=O)n2C. The first-order valence-electron chi connectivity index (χ1n) is 33.4. The Morgan fingerprint density at radius 1 is 0.396 bits per heavy atom. The van der Waals surface area contributed by atoms with Crippen molar-refractivity contribution in [1.82, 2.24) is 96.0 Å². The molecule has 33 nitrogen and oxygen atoms in total. The summed E-state index contributed by atoms with van der Waals surface area (Å²) in [5.41, 5.74) is 5.90. The number of aromatic nitrogens is 16. The number of fused-ring (bicyclic) bond motifs is 4. The van der Waals surface area contributed by atoms with Crippen LogP contribution in [0.25, 0.3) is 44.7 Å². The van der Waals surface area contributed by atoms with Gasteiger partial charge in [-0.2, -0.15) is 0 Å². The zero-order valence-corrected chi connectivity index (χ0v) is 60.6. The smallest absolute Gasteiger partial charge is 0.332 e. The molecule has 4 aromatic carbocycles. The van der Waals surface area contributed by atoms with Crippen molar-refractivity contribution < 1.29 is 23.9 Å². The van der Waals surface area contributed by atoms with Gasteiger partial charge < -0.3 is 44.3 Å². The second-order valence-electron chi connectivity index (χ2n) is 25.0. The molecule has 4 amide bonds. The number of amides is 4. The van der Waals surface area contributed by atoms with Gasteiger partial charge >= 0.3 is 22.8 Å². The lowest BCUT2D eigenvalue weighted by Gasteiger charge is -2.09. The van der Waals surface area contributed by atoms with E-state index in [0.717, 1.165) is 59.1 Å². The van der Waals surface area contributed by atoms with Crippen molar-refractivity contribution in [3.05, 3.63) is 245 Å². The van der Waals surface area contributed by atoms with Crippen LogP contribution in [0.3, 0.4) is 0 Å². The highest BCUT2D eigenvalue weighted by molar-refractivity contribution is 5.81. The Labute approximate surface area is 603 Å². The van der Waals surface area contributed by atoms with Crippen LogP contribution in [0.1, 0.15) is 38.9 Å². The molecule has 0 aliphatic rings. The van der Waals surface area contributed by atoms with Gasteiger partial charge in [-0.05, 0) is 91.6 Å². The molecule has 106 heavy (non-hydrogen) atoms. The predicted octanol–water partition coefficient (Wildman–Crippen LogP) is -0.223. The molecule has 0 aliphatic heterocycles. The summed E-state index contributed by atoms with van der Waals surface area (Å²) in [6.07, 6.45) is 13.7. The predicted molar refractivity (Wildman–Crippen MR) is 397 cm³/mol. The summed E-state index contributed by atoms with van der Waals surface area (Å²) in [6.45, 7) is 5.82. The fraction of sp³-hybridized carbons (Fsp3) is 0.315. The maximum Gasteiger partial charge on any atom is 0.332 e. The van der Waals surface area contributed by atoms with E-state index < -0.39 is 45.0 Å². The van der Waals surface area contributed by atoms with Crippen LogP contribution in [0, 0.1) is 26.2 Å². The van der Waals surface area contributed by atoms with E-state index in [1.807, 2.05) is 105 Å². The van der Waals surface area contributed by atoms with Gasteiger partial charge in [0.2, 0.25) is 23.6 Å². The molecule has 12 rings (SSSR count). The Morgan fingerprint density at radius 3 is 1.07 bits per heavy atom. The number of benzene rings is 4. The highest BCUT2D eigenvalue weighted by Crippen LogP contribution is 2.14. The zero-order valence-electron chi connectivity index (χ0n) is 60.6. The standard InChI is InChI=1S/C19H19N5O3.C18H21N5O4.2C18H21N5O3/c1-4-13-5-7-14(8-6-13)9-10-20-15(25)11-24-12-21-17-16(24)18(26)23(3)19(27)22(17)2;1-21-16-15(17(25)22(2)18(21)26)23(11-20-16)10-14(24)19-8-7-12-5-4-6-13(9-12)27-3;1-12-5-4-6-13(9-12)7-8-19-14(24)10-23-11-20-16-15(23)17(25)22(3)18(26)21(16)2;1-12-6-4-5-7-13(12)8-9-19-14(24)10-23-11-20-16-15(23)17(25)22(3)18(26)21(16)2/h1,5-8,12H,9-11H2,2-3H3,(H,20,25);4-6,9,11H,7-8,10H2,1-3H3,(H,19,24);4-6,9,11H,7-8,10H2,1-3H3,(H,19,24);4-7,11H,8-10H2,1-3H3,(H,19,24). The molecule has 0 radical (unpaired) electrons. The monoisotopic (exact) mass is 1450 g/mol. The van der Waals surface area contributed by atoms with E-state index in [-0.39, 0.29) is 94.5 Å². The van der Waals surface area contributed by atoms with E-state index in [9.17, 15) is 57.5 Å². The van der Waals surface area contributed by atoms with Gasteiger partial charge in [0.1, 0.15) is 31.9 Å². The highest BCUT2D eigenvalue weighted by Gasteiger charge is 2.21. The average Bonchev–Trinajstić information content (AvgIpc) is 1.58. The lowest BCUT2D eigenvalue weighted by molar-refractivity contribution is -0.122. The molecule has 0 unspecified atom stereocenters. The largest absolute Gasteiger partial charge is 0.497 e. The molecule has 0 bridgehead atoms. The summed E-state index contributed by atoms with van der Waals surface area (Å²) in [7, 11) is 13.4. The molecule has 0 aliphatic carbocycles. The van der Waals surface area contributed by atoms with Gasteiger partial charge in [-0.3, -0.25) is 74.9 Å². The molecule has 0 fully saturated rings. The minimum absolute atomic E-state index is 0.0300. The summed E-state index contributed by atoms with van der Waals surface area (Å²) in [4.78, 5) is 163. The van der Waals surface area contributed by atoms with Crippen LogP contribution in [0.4, 0.5) is 0 Å². The number of carbonyl (C=O) groups is 4. The third-order valence-electron chi connectivity index (χ3n) is 17.6. The number of nitrogens with one attached hydrogen (secondary N) is 4. The molecule has 33 heteroatoms. The Kier molecular flexibility index (Phi) is 24.8. The van der Waals surface area contributed by atoms with Crippen LogP contribution in [-0.4, -0.2) is 132 Å². The summed E-state index contributed by atoms with van der Waals surface area (Å²) >= 11 is 0. The fourth-order valence-electron chi connectivity index (χ4n) is 11.6. The number of aryl methyl sites for hydroxylation is 6. The molecule has 8 heterocycles. The second kappa shape index (κ2) is 34.1. The van der Waals surface area contributed by atoms with Crippen LogP contribution in [0.5, 0.6) is 5.75 Å². The highest BCUT2D eigenvalue weighted by atomic mass is 16.5. The summed E-state index contributed by atoms with van der Waals surface area (Å²) < 4.78 is 20.2. The van der Waals surface area contributed by atoms with E-state index in [4.69, 9.17) is 11.2 Å². The molecule has 0 spiro atoms. The van der Waals surface area contributed by atoms with Crippen LogP contribution < -0.4 is 71.0 Å². The summed E-state index contributed by atoms with van der Waals surface area (Å²) in [6, 6.07) is 31.3.